The molecule has 0 aliphatic heterocycles. The van der Waals surface area contributed by atoms with Crippen molar-refractivity contribution in [1.82, 2.24) is 4.31 Å². The molecule has 0 aliphatic carbocycles. The number of nitrogens with zero attached hydrogens (tertiary/aromatic N) is 1. The number of rotatable bonds is 4. The van der Waals surface area contributed by atoms with Gasteiger partial charge >= 0.3 is 6.18 Å². The first-order valence-electron chi connectivity index (χ1n) is 5.28. The van der Waals surface area contributed by atoms with Crippen molar-refractivity contribution in [3.05, 3.63) is 35.4 Å². The Hall–Kier alpha value is -0.790. The molecular weight excluding hydrogens is 303 g/mol. The Morgan fingerprint density at radius 3 is 2.42 bits per heavy atom. The van der Waals surface area contributed by atoms with Crippen molar-refractivity contribution < 1.29 is 21.6 Å². The van der Waals surface area contributed by atoms with E-state index in [0.717, 1.165) is 16.4 Å². The highest BCUT2D eigenvalue weighted by Gasteiger charge is 2.31. The predicted molar refractivity (Wildman–Crippen MR) is 67.3 cm³/mol. The summed E-state index contributed by atoms with van der Waals surface area (Å²) in [5, 5.41) is -0.618. The third kappa shape index (κ3) is 3.84. The molecule has 1 aromatic rings. The summed E-state index contributed by atoms with van der Waals surface area (Å²) in [5.41, 5.74) is -0.556. The van der Waals surface area contributed by atoms with Crippen LogP contribution in [0.15, 0.2) is 24.3 Å². The molecular formula is C11H13ClF3NO2S. The fourth-order valence-corrected chi connectivity index (χ4v) is 2.72. The van der Waals surface area contributed by atoms with E-state index in [1.54, 1.807) is 0 Å². The van der Waals surface area contributed by atoms with Gasteiger partial charge in [0.15, 0.2) is 0 Å². The quantitative estimate of drug-likeness (QED) is 0.800. The zero-order valence-electron chi connectivity index (χ0n) is 10.3. The smallest absolute Gasteiger partial charge is 0.211 e. The number of hydrogen-bond acceptors (Lipinski definition) is 2. The summed E-state index contributed by atoms with van der Waals surface area (Å²) in [6.07, 6.45) is -4.46. The molecule has 0 saturated carbocycles. The Morgan fingerprint density at radius 2 is 1.95 bits per heavy atom. The van der Waals surface area contributed by atoms with Crippen LogP contribution < -0.4 is 0 Å². The van der Waals surface area contributed by atoms with Crippen LogP contribution in [-0.4, -0.2) is 25.0 Å². The van der Waals surface area contributed by atoms with Crippen molar-refractivity contribution in [3.8, 4) is 0 Å². The minimum absolute atomic E-state index is 0.256. The molecule has 0 fully saturated rings. The molecule has 0 saturated heterocycles. The van der Waals surface area contributed by atoms with Gasteiger partial charge in [0.05, 0.1) is 5.56 Å². The number of halogens is 4. The van der Waals surface area contributed by atoms with Gasteiger partial charge in [0.2, 0.25) is 10.0 Å². The second kappa shape index (κ2) is 5.68. The molecule has 1 unspecified atom stereocenters. The van der Waals surface area contributed by atoms with Gasteiger partial charge in [-0.25, -0.2) is 8.42 Å². The minimum atomic E-state index is -4.46. The van der Waals surface area contributed by atoms with Crippen LogP contribution in [0.25, 0.3) is 0 Å². The monoisotopic (exact) mass is 315 g/mol. The maximum Gasteiger partial charge on any atom is 0.416 e. The number of alkyl halides is 4. The molecule has 0 aromatic heterocycles. The normalized spacial score (nSPS) is 14.7. The molecule has 1 atom stereocenters. The lowest BCUT2D eigenvalue weighted by molar-refractivity contribution is -0.137. The molecule has 1 rings (SSSR count). The zero-order valence-corrected chi connectivity index (χ0v) is 11.9. The second-order valence-electron chi connectivity index (χ2n) is 4.04. The van der Waals surface area contributed by atoms with Crippen molar-refractivity contribution in [2.24, 2.45) is 0 Å². The number of hydrogen-bond donors (Lipinski definition) is 0. The van der Waals surface area contributed by atoms with E-state index in [1.807, 2.05) is 0 Å². The lowest BCUT2D eigenvalue weighted by Crippen LogP contribution is -2.30. The molecule has 0 N–H and O–H groups in total. The summed E-state index contributed by atoms with van der Waals surface area (Å²) in [5.74, 6) is 0. The van der Waals surface area contributed by atoms with Crippen molar-refractivity contribution >= 4 is 21.6 Å². The first-order valence-corrected chi connectivity index (χ1v) is 7.43. The molecule has 0 amide bonds. The average molecular weight is 316 g/mol. The second-order valence-corrected chi connectivity index (χ2v) is 6.65. The van der Waals surface area contributed by atoms with Crippen LogP contribution in [0.2, 0.25) is 0 Å². The van der Waals surface area contributed by atoms with Gasteiger partial charge in [-0.3, -0.25) is 0 Å². The molecule has 0 spiro atoms. The summed E-state index contributed by atoms with van der Waals surface area (Å²) in [6, 6.07) is 3.83. The standard InChI is InChI=1S/C11H13ClF3NO2S/c1-8(16(2)19(17,18)7-12)9-4-3-5-10(6-9)11(13,14)15/h3-6,8H,7H2,1-2H3. The summed E-state index contributed by atoms with van der Waals surface area (Å²) in [6.45, 7) is 1.50. The summed E-state index contributed by atoms with van der Waals surface area (Å²) < 4.78 is 61.8. The van der Waals surface area contributed by atoms with Gasteiger partial charge in [-0.15, -0.1) is 11.6 Å². The van der Waals surface area contributed by atoms with Gasteiger partial charge in [0.25, 0.3) is 0 Å². The maximum absolute atomic E-state index is 12.6. The van der Waals surface area contributed by atoms with E-state index in [0.29, 0.717) is 0 Å². The molecule has 1 aromatic carbocycles. The van der Waals surface area contributed by atoms with Crippen molar-refractivity contribution in [2.45, 2.75) is 19.1 Å². The van der Waals surface area contributed by atoms with Crippen LogP contribution in [0, 0.1) is 0 Å². The molecule has 0 aliphatic rings. The third-order valence-corrected chi connectivity index (χ3v) is 5.12. The van der Waals surface area contributed by atoms with Gasteiger partial charge in [-0.05, 0) is 24.6 Å². The van der Waals surface area contributed by atoms with Crippen LogP contribution in [0.3, 0.4) is 0 Å². The van der Waals surface area contributed by atoms with E-state index in [-0.39, 0.29) is 5.56 Å². The van der Waals surface area contributed by atoms with Gasteiger partial charge in [0.1, 0.15) is 5.21 Å². The lowest BCUT2D eigenvalue weighted by atomic mass is 10.1. The Balaban J connectivity index is 3.11. The lowest BCUT2D eigenvalue weighted by Gasteiger charge is -2.24. The Morgan fingerprint density at radius 1 is 1.37 bits per heavy atom. The van der Waals surface area contributed by atoms with Gasteiger partial charge in [-0.1, -0.05) is 12.1 Å². The summed E-state index contributed by atoms with van der Waals surface area (Å²) in [4.78, 5) is 0. The van der Waals surface area contributed by atoms with Crippen molar-refractivity contribution in [1.29, 1.82) is 0 Å². The van der Waals surface area contributed by atoms with Crippen molar-refractivity contribution in [2.75, 3.05) is 12.3 Å². The van der Waals surface area contributed by atoms with Gasteiger partial charge in [0, 0.05) is 13.1 Å². The SMILES string of the molecule is CC(c1cccc(C(F)(F)F)c1)N(C)S(=O)(=O)CCl. The minimum Gasteiger partial charge on any atom is -0.211 e. The van der Waals surface area contributed by atoms with Crippen LogP contribution in [0.4, 0.5) is 13.2 Å². The number of sulfonamides is 1. The molecule has 19 heavy (non-hydrogen) atoms. The Bertz CT molecular complexity index is 545. The van der Waals surface area contributed by atoms with Crippen LogP contribution in [0.5, 0.6) is 0 Å². The largest absolute Gasteiger partial charge is 0.416 e. The van der Waals surface area contributed by atoms with Crippen LogP contribution >= 0.6 is 11.6 Å². The maximum atomic E-state index is 12.6. The highest BCUT2D eigenvalue weighted by Crippen LogP contribution is 2.32. The van der Waals surface area contributed by atoms with E-state index in [4.69, 9.17) is 11.6 Å². The fraction of sp³-hybridized carbons (Fsp3) is 0.455. The number of benzene rings is 1. The average Bonchev–Trinajstić information content (AvgIpc) is 2.36. The van der Waals surface area contributed by atoms with Crippen LogP contribution in [0.1, 0.15) is 24.1 Å². The zero-order chi connectivity index (χ0) is 14.8. The van der Waals surface area contributed by atoms with E-state index >= 15 is 0 Å². The summed E-state index contributed by atoms with van der Waals surface area (Å²) >= 11 is 5.31. The van der Waals surface area contributed by atoms with Gasteiger partial charge in [-0.2, -0.15) is 17.5 Å². The highest BCUT2D eigenvalue weighted by atomic mass is 35.5. The van der Waals surface area contributed by atoms with Crippen molar-refractivity contribution in [3.63, 3.8) is 0 Å². The Labute approximate surface area is 115 Å². The molecule has 0 heterocycles. The first-order chi connectivity index (χ1) is 8.59. The molecule has 0 radical (unpaired) electrons. The Kier molecular flexibility index (Phi) is 4.86. The first kappa shape index (κ1) is 16.3. The van der Waals surface area contributed by atoms with E-state index in [2.05, 4.69) is 0 Å². The van der Waals surface area contributed by atoms with Gasteiger partial charge < -0.3 is 0 Å². The summed E-state index contributed by atoms with van der Waals surface area (Å²) in [7, 11) is -2.40. The van der Waals surface area contributed by atoms with Crippen LogP contribution in [-0.2, 0) is 16.2 Å². The third-order valence-electron chi connectivity index (χ3n) is 2.82. The molecule has 3 nitrogen and oxygen atoms in total. The molecule has 8 heteroatoms. The highest BCUT2D eigenvalue weighted by molar-refractivity contribution is 7.90. The van der Waals surface area contributed by atoms with E-state index in [9.17, 15) is 21.6 Å². The topological polar surface area (TPSA) is 37.4 Å². The van der Waals surface area contributed by atoms with E-state index in [1.165, 1.54) is 26.1 Å². The molecule has 0 bridgehead atoms. The van der Waals surface area contributed by atoms with E-state index < -0.39 is 33.0 Å². The fourth-order valence-electron chi connectivity index (χ4n) is 1.50. The predicted octanol–water partition coefficient (Wildman–Crippen LogP) is 3.22. The molecule has 108 valence electrons.